The van der Waals surface area contributed by atoms with Crippen LogP contribution in [0.2, 0.25) is 0 Å². The maximum atomic E-state index is 11.5. The molecule has 0 spiro atoms. The molecule has 0 fully saturated rings. The van der Waals surface area contributed by atoms with Crippen molar-refractivity contribution in [1.82, 2.24) is 0 Å². The van der Waals surface area contributed by atoms with Crippen LogP contribution >= 0.6 is 0 Å². The fraction of sp³-hybridized carbons (Fsp3) is 0. The third-order valence-electron chi connectivity index (χ3n) is 5.28. The number of hydrogen-bond donors (Lipinski definition) is 2. The molecule has 4 rings (SSSR count). The normalized spacial score (nSPS) is 13.4. The highest BCUT2D eigenvalue weighted by Crippen LogP contribution is 2.23. The second kappa shape index (κ2) is 11.1. The Morgan fingerprint density at radius 1 is 0.471 bits per heavy atom. The molecule has 0 saturated carbocycles. The molecule has 6 heteroatoms. The van der Waals surface area contributed by atoms with Gasteiger partial charge in [0.05, 0.1) is 9.79 Å². The largest absolute Gasteiger partial charge is 0.302 e. The quantitative estimate of drug-likeness (QED) is 0.221. The summed E-state index contributed by atoms with van der Waals surface area (Å²) in [6, 6.07) is 30.2. The number of rotatable bonds is 7. The minimum absolute atomic E-state index is 0.387. The van der Waals surface area contributed by atoms with E-state index in [2.05, 4.69) is 0 Å². The Hall–Kier alpha value is -3.42. The van der Waals surface area contributed by atoms with Crippen LogP contribution < -0.4 is 0 Å². The smallest absolute Gasteiger partial charge is 0.187 e. The first-order valence-electron chi connectivity index (χ1n) is 10.5. The Morgan fingerprint density at radius 2 is 0.824 bits per heavy atom. The molecule has 170 valence electrons. The van der Waals surface area contributed by atoms with E-state index in [0.29, 0.717) is 20.9 Å². The van der Waals surface area contributed by atoms with Crippen molar-refractivity contribution in [2.75, 3.05) is 0 Å². The molecular weight excluding hydrogens is 464 g/mol. The fourth-order valence-electron chi connectivity index (χ4n) is 3.50. The van der Waals surface area contributed by atoms with Crippen molar-refractivity contribution in [2.45, 2.75) is 9.79 Å². The molecule has 4 aromatic rings. The molecule has 4 nitrogen and oxygen atoms in total. The minimum Gasteiger partial charge on any atom is -0.302 e. The molecule has 0 saturated heterocycles. The molecule has 0 radical (unpaired) electrons. The van der Waals surface area contributed by atoms with Crippen molar-refractivity contribution >= 4 is 46.5 Å². The van der Waals surface area contributed by atoms with Crippen LogP contribution in [0.15, 0.2) is 107 Å². The lowest BCUT2D eigenvalue weighted by atomic mass is 10.0. The van der Waals surface area contributed by atoms with Crippen molar-refractivity contribution in [3.63, 3.8) is 0 Å². The average molecular weight is 487 g/mol. The van der Waals surface area contributed by atoms with Gasteiger partial charge < -0.3 is 9.11 Å². The summed E-state index contributed by atoms with van der Waals surface area (Å²) in [5, 5.41) is 0. The SMILES string of the molecule is O=S(O)c1ccccc1C=Cc1ccc(-c2ccc(C=Cc3ccccc3S(=O)O)cc2)cc1. The molecule has 0 aromatic heterocycles. The molecule has 0 bridgehead atoms. The summed E-state index contributed by atoms with van der Waals surface area (Å²) in [4.78, 5) is 0.773. The molecule has 0 amide bonds. The monoisotopic (exact) mass is 486 g/mol. The summed E-state index contributed by atoms with van der Waals surface area (Å²) in [6.07, 6.45) is 7.51. The van der Waals surface area contributed by atoms with E-state index in [0.717, 1.165) is 22.3 Å². The van der Waals surface area contributed by atoms with Crippen LogP contribution in [0.1, 0.15) is 22.3 Å². The lowest BCUT2D eigenvalue weighted by Crippen LogP contribution is -1.91. The first-order chi connectivity index (χ1) is 16.5. The number of benzene rings is 4. The van der Waals surface area contributed by atoms with Crippen molar-refractivity contribution in [1.29, 1.82) is 0 Å². The van der Waals surface area contributed by atoms with E-state index in [9.17, 15) is 17.5 Å². The van der Waals surface area contributed by atoms with Gasteiger partial charge >= 0.3 is 0 Å². The van der Waals surface area contributed by atoms with Crippen molar-refractivity contribution in [3.8, 4) is 11.1 Å². The van der Waals surface area contributed by atoms with Crippen LogP contribution in [0, 0.1) is 0 Å². The molecule has 0 aliphatic heterocycles. The van der Waals surface area contributed by atoms with E-state index >= 15 is 0 Å². The van der Waals surface area contributed by atoms with Gasteiger partial charge in [-0.15, -0.1) is 0 Å². The Balaban J connectivity index is 1.47. The Bertz CT molecular complexity index is 1280. The summed E-state index contributed by atoms with van der Waals surface area (Å²) >= 11 is -4.05. The molecule has 2 atom stereocenters. The third-order valence-corrected chi connectivity index (χ3v) is 6.78. The van der Waals surface area contributed by atoms with Crippen molar-refractivity contribution in [2.24, 2.45) is 0 Å². The van der Waals surface area contributed by atoms with E-state index in [1.807, 2.05) is 97.1 Å². The first kappa shape index (κ1) is 23.7. The zero-order chi connectivity index (χ0) is 23.9. The maximum absolute atomic E-state index is 11.5. The summed E-state index contributed by atoms with van der Waals surface area (Å²) < 4.78 is 41.8. The van der Waals surface area contributed by atoms with E-state index in [1.165, 1.54) is 0 Å². The molecule has 2 unspecified atom stereocenters. The Morgan fingerprint density at radius 3 is 1.18 bits per heavy atom. The number of hydrogen-bond acceptors (Lipinski definition) is 2. The van der Waals surface area contributed by atoms with Gasteiger partial charge in [0.25, 0.3) is 0 Å². The van der Waals surface area contributed by atoms with Gasteiger partial charge in [0, 0.05) is 0 Å². The second-order valence-electron chi connectivity index (χ2n) is 7.48. The molecule has 2 N–H and O–H groups in total. The van der Waals surface area contributed by atoms with Crippen LogP contribution in [0.25, 0.3) is 35.4 Å². The van der Waals surface area contributed by atoms with Gasteiger partial charge in [-0.05, 0) is 45.5 Å². The summed E-state index contributed by atoms with van der Waals surface area (Å²) in [5.41, 5.74) is 5.55. The van der Waals surface area contributed by atoms with Crippen LogP contribution in [0.3, 0.4) is 0 Å². The van der Waals surface area contributed by atoms with Gasteiger partial charge in [-0.1, -0.05) is 109 Å². The van der Waals surface area contributed by atoms with Gasteiger partial charge in [0.1, 0.15) is 0 Å². The standard InChI is InChI=1S/C28H22O4S2/c29-33(30)27-7-3-1-5-25(27)19-13-21-9-15-23(16-10-21)24-17-11-22(12-18-24)14-20-26-6-2-4-8-28(26)34(31)32/h1-20H,(H,29,30)(H,31,32). The van der Waals surface area contributed by atoms with E-state index in [1.54, 1.807) is 24.3 Å². The lowest BCUT2D eigenvalue weighted by Gasteiger charge is -2.04. The molecule has 0 heterocycles. The van der Waals surface area contributed by atoms with E-state index in [-0.39, 0.29) is 0 Å². The average Bonchev–Trinajstić information content (AvgIpc) is 2.87. The predicted molar refractivity (Wildman–Crippen MR) is 141 cm³/mol. The topological polar surface area (TPSA) is 74.6 Å². The lowest BCUT2D eigenvalue weighted by molar-refractivity contribution is 0.562. The second-order valence-corrected chi connectivity index (χ2v) is 9.36. The van der Waals surface area contributed by atoms with Gasteiger partial charge in [0.15, 0.2) is 22.2 Å². The molecule has 0 aliphatic carbocycles. The first-order valence-corrected chi connectivity index (χ1v) is 12.7. The van der Waals surface area contributed by atoms with Crippen molar-refractivity contribution in [3.05, 3.63) is 119 Å². The molecule has 34 heavy (non-hydrogen) atoms. The van der Waals surface area contributed by atoms with E-state index < -0.39 is 22.2 Å². The molecule has 0 aliphatic rings. The third kappa shape index (κ3) is 5.92. The van der Waals surface area contributed by atoms with Crippen molar-refractivity contribution < 1.29 is 17.5 Å². The maximum Gasteiger partial charge on any atom is 0.187 e. The van der Waals surface area contributed by atoms with Crippen LogP contribution in [0.5, 0.6) is 0 Å². The van der Waals surface area contributed by atoms with Gasteiger partial charge in [-0.3, -0.25) is 0 Å². The van der Waals surface area contributed by atoms with Crippen LogP contribution in [0.4, 0.5) is 0 Å². The summed E-state index contributed by atoms with van der Waals surface area (Å²) in [6.45, 7) is 0. The zero-order valence-corrected chi connectivity index (χ0v) is 19.7. The van der Waals surface area contributed by atoms with Gasteiger partial charge in [-0.25, -0.2) is 8.42 Å². The Labute approximate surface area is 203 Å². The fourth-order valence-corrected chi connectivity index (χ4v) is 4.57. The van der Waals surface area contributed by atoms with Crippen LogP contribution in [-0.2, 0) is 22.2 Å². The van der Waals surface area contributed by atoms with E-state index in [4.69, 9.17) is 0 Å². The van der Waals surface area contributed by atoms with Crippen LogP contribution in [-0.4, -0.2) is 17.5 Å². The Kier molecular flexibility index (Phi) is 7.77. The predicted octanol–water partition coefficient (Wildman–Crippen LogP) is 6.86. The van der Waals surface area contributed by atoms with Gasteiger partial charge in [-0.2, -0.15) is 0 Å². The summed E-state index contributed by atoms with van der Waals surface area (Å²) in [7, 11) is 0. The highest BCUT2D eigenvalue weighted by Gasteiger charge is 2.05. The highest BCUT2D eigenvalue weighted by molar-refractivity contribution is 7.79. The molecule has 4 aromatic carbocycles. The zero-order valence-electron chi connectivity index (χ0n) is 18.1. The van der Waals surface area contributed by atoms with Gasteiger partial charge in [0.2, 0.25) is 0 Å². The minimum atomic E-state index is -2.03. The summed E-state index contributed by atoms with van der Waals surface area (Å²) in [5.74, 6) is 0. The molecular formula is C28H22O4S2. The highest BCUT2D eigenvalue weighted by atomic mass is 32.2.